The van der Waals surface area contributed by atoms with Gasteiger partial charge < -0.3 is 4.57 Å². The van der Waals surface area contributed by atoms with E-state index in [9.17, 15) is 12.8 Å². The molecule has 3 heterocycles. The largest absolute Gasteiger partial charge is 0.324 e. The quantitative estimate of drug-likeness (QED) is 0.603. The Balaban J connectivity index is 1.59. The Bertz CT molecular complexity index is 1160. The van der Waals surface area contributed by atoms with Crippen molar-refractivity contribution in [2.75, 3.05) is 13.1 Å². The number of rotatable bonds is 5. The molecule has 6 nitrogen and oxygen atoms in total. The van der Waals surface area contributed by atoms with E-state index in [1.165, 1.54) is 16.4 Å². The standard InChI is InChI=1S/C20H22ClFN4O2S/c1-13(2)26-19-10-23-7-5-18(19)24-20(26)14-6-8-25(11-14)29(27,28)12-15-3-4-16(22)9-17(15)21/h3-5,7,9-10,13-14H,6,8,11-12H2,1-2H3/t14-/m0/s1. The average Bonchev–Trinajstić information content (AvgIpc) is 3.28. The summed E-state index contributed by atoms with van der Waals surface area (Å²) in [4.78, 5) is 8.98. The Morgan fingerprint density at radius 1 is 1.31 bits per heavy atom. The number of hydrogen-bond acceptors (Lipinski definition) is 4. The topological polar surface area (TPSA) is 68.1 Å². The molecule has 1 aliphatic rings. The van der Waals surface area contributed by atoms with Gasteiger partial charge in [-0.2, -0.15) is 0 Å². The molecule has 4 rings (SSSR count). The van der Waals surface area contributed by atoms with Gasteiger partial charge in [0, 0.05) is 36.3 Å². The first-order valence-electron chi connectivity index (χ1n) is 9.50. The lowest BCUT2D eigenvalue weighted by Crippen LogP contribution is -2.30. The molecule has 1 aliphatic heterocycles. The second-order valence-electron chi connectivity index (χ2n) is 7.63. The molecule has 0 saturated carbocycles. The summed E-state index contributed by atoms with van der Waals surface area (Å²) in [5.74, 6) is 0.159. The van der Waals surface area contributed by atoms with Crippen LogP contribution in [0.25, 0.3) is 11.0 Å². The Kier molecular flexibility index (Phi) is 5.35. The minimum atomic E-state index is -3.58. The zero-order valence-electron chi connectivity index (χ0n) is 16.2. The second kappa shape index (κ2) is 7.66. The van der Waals surface area contributed by atoms with Crippen molar-refractivity contribution >= 4 is 32.7 Å². The van der Waals surface area contributed by atoms with E-state index in [1.54, 1.807) is 12.4 Å². The average molecular weight is 437 g/mol. The molecule has 0 bridgehead atoms. The third-order valence-electron chi connectivity index (χ3n) is 5.30. The first-order chi connectivity index (χ1) is 13.8. The SMILES string of the molecule is CC(C)n1c([C@H]2CCN(S(=O)(=O)Cc3ccc(F)cc3Cl)C2)nc2ccncc21. The summed E-state index contributed by atoms with van der Waals surface area (Å²) in [5, 5.41) is 0.124. The number of fused-ring (bicyclic) bond motifs is 1. The number of aromatic nitrogens is 3. The van der Waals surface area contributed by atoms with Crippen molar-refractivity contribution in [2.24, 2.45) is 0 Å². The zero-order chi connectivity index (χ0) is 20.8. The van der Waals surface area contributed by atoms with E-state index >= 15 is 0 Å². The molecule has 0 aliphatic carbocycles. The molecule has 0 radical (unpaired) electrons. The fourth-order valence-corrected chi connectivity index (χ4v) is 5.84. The fourth-order valence-electron chi connectivity index (χ4n) is 3.91. The molecule has 2 aromatic heterocycles. The van der Waals surface area contributed by atoms with Gasteiger partial charge in [0.2, 0.25) is 10.0 Å². The number of benzene rings is 1. The van der Waals surface area contributed by atoms with E-state index in [1.807, 2.05) is 6.07 Å². The van der Waals surface area contributed by atoms with E-state index in [2.05, 4.69) is 23.4 Å². The third kappa shape index (κ3) is 3.89. The molecule has 1 saturated heterocycles. The molecule has 9 heteroatoms. The highest BCUT2D eigenvalue weighted by Gasteiger charge is 2.35. The van der Waals surface area contributed by atoms with E-state index in [4.69, 9.17) is 16.6 Å². The maximum atomic E-state index is 13.3. The van der Waals surface area contributed by atoms with Gasteiger partial charge in [-0.3, -0.25) is 4.98 Å². The smallest absolute Gasteiger partial charge is 0.218 e. The highest BCUT2D eigenvalue weighted by Crippen LogP contribution is 2.33. The van der Waals surface area contributed by atoms with Crippen molar-refractivity contribution in [1.82, 2.24) is 18.8 Å². The zero-order valence-corrected chi connectivity index (χ0v) is 17.8. The van der Waals surface area contributed by atoms with Crippen LogP contribution in [0.1, 0.15) is 43.6 Å². The summed E-state index contributed by atoms with van der Waals surface area (Å²) in [6.45, 7) is 4.95. The molecule has 29 heavy (non-hydrogen) atoms. The van der Waals surface area contributed by atoms with Crippen molar-refractivity contribution < 1.29 is 12.8 Å². The molecule has 1 aromatic carbocycles. The number of nitrogens with zero attached hydrogens (tertiary/aromatic N) is 4. The minimum absolute atomic E-state index is 0.00302. The molecule has 0 amide bonds. The van der Waals surface area contributed by atoms with Crippen molar-refractivity contribution in [3.8, 4) is 0 Å². The molecular formula is C20H22ClFN4O2S. The van der Waals surface area contributed by atoms with Crippen LogP contribution >= 0.6 is 11.6 Å². The van der Waals surface area contributed by atoms with Crippen LogP contribution in [0.4, 0.5) is 4.39 Å². The van der Waals surface area contributed by atoms with Crippen LogP contribution in [-0.2, 0) is 15.8 Å². The number of sulfonamides is 1. The monoisotopic (exact) mass is 436 g/mol. The summed E-state index contributed by atoms with van der Waals surface area (Å²) >= 11 is 6.03. The Morgan fingerprint density at radius 3 is 2.83 bits per heavy atom. The van der Waals surface area contributed by atoms with Crippen LogP contribution in [0.2, 0.25) is 5.02 Å². The van der Waals surface area contributed by atoms with Crippen LogP contribution < -0.4 is 0 Å². The van der Waals surface area contributed by atoms with Gasteiger partial charge in [-0.25, -0.2) is 22.1 Å². The van der Waals surface area contributed by atoms with Gasteiger partial charge in [0.25, 0.3) is 0 Å². The van der Waals surface area contributed by atoms with Crippen LogP contribution in [0.3, 0.4) is 0 Å². The number of pyridine rings is 1. The van der Waals surface area contributed by atoms with Crippen LogP contribution in [0.5, 0.6) is 0 Å². The molecule has 1 fully saturated rings. The lowest BCUT2D eigenvalue weighted by atomic mass is 10.1. The van der Waals surface area contributed by atoms with Crippen LogP contribution in [0, 0.1) is 5.82 Å². The third-order valence-corrected chi connectivity index (χ3v) is 7.44. The predicted molar refractivity (Wildman–Crippen MR) is 111 cm³/mol. The first kappa shape index (κ1) is 20.3. The fraction of sp³-hybridized carbons (Fsp3) is 0.400. The first-order valence-corrected chi connectivity index (χ1v) is 11.5. The Morgan fingerprint density at radius 2 is 2.10 bits per heavy atom. The summed E-state index contributed by atoms with van der Waals surface area (Å²) in [6.07, 6.45) is 4.20. The Hall–Kier alpha value is -2.03. The molecule has 0 unspecified atom stereocenters. The maximum Gasteiger partial charge on any atom is 0.218 e. The van der Waals surface area contributed by atoms with E-state index in [0.29, 0.717) is 25.1 Å². The van der Waals surface area contributed by atoms with Gasteiger partial charge in [0.1, 0.15) is 11.6 Å². The summed E-state index contributed by atoms with van der Waals surface area (Å²) < 4.78 is 42.8. The van der Waals surface area contributed by atoms with E-state index in [-0.39, 0.29) is 22.7 Å². The summed E-state index contributed by atoms with van der Waals surface area (Å²) in [6, 6.07) is 5.84. The minimum Gasteiger partial charge on any atom is -0.324 e. The predicted octanol–water partition coefficient (Wildman–Crippen LogP) is 4.12. The molecule has 3 aromatic rings. The van der Waals surface area contributed by atoms with Crippen LogP contribution in [-0.4, -0.2) is 40.3 Å². The second-order valence-corrected chi connectivity index (χ2v) is 10.0. The lowest BCUT2D eigenvalue weighted by Gasteiger charge is -2.19. The molecule has 0 spiro atoms. The Labute approximate surface area is 174 Å². The van der Waals surface area contributed by atoms with Crippen LogP contribution in [0.15, 0.2) is 36.7 Å². The van der Waals surface area contributed by atoms with Gasteiger partial charge in [-0.05, 0) is 44.0 Å². The summed E-state index contributed by atoms with van der Waals surface area (Å²) in [7, 11) is -3.58. The van der Waals surface area contributed by atoms with Crippen molar-refractivity contribution in [2.45, 2.75) is 38.0 Å². The molecule has 1 atom stereocenters. The maximum absolute atomic E-state index is 13.3. The molecule has 154 valence electrons. The normalized spacial score (nSPS) is 18.2. The van der Waals surface area contributed by atoms with Crippen molar-refractivity contribution in [1.29, 1.82) is 0 Å². The van der Waals surface area contributed by atoms with Gasteiger partial charge in [0.15, 0.2) is 0 Å². The molecular weight excluding hydrogens is 415 g/mol. The van der Waals surface area contributed by atoms with Crippen molar-refractivity contribution in [3.05, 3.63) is 58.9 Å². The van der Waals surface area contributed by atoms with Gasteiger partial charge in [-0.1, -0.05) is 17.7 Å². The highest BCUT2D eigenvalue weighted by molar-refractivity contribution is 7.88. The van der Waals surface area contributed by atoms with E-state index < -0.39 is 15.8 Å². The summed E-state index contributed by atoms with van der Waals surface area (Å²) in [5.41, 5.74) is 2.22. The van der Waals surface area contributed by atoms with E-state index in [0.717, 1.165) is 22.9 Å². The number of imidazole rings is 1. The van der Waals surface area contributed by atoms with Gasteiger partial charge in [0.05, 0.1) is 23.0 Å². The van der Waals surface area contributed by atoms with Crippen molar-refractivity contribution in [3.63, 3.8) is 0 Å². The van der Waals surface area contributed by atoms with Gasteiger partial charge in [-0.15, -0.1) is 0 Å². The lowest BCUT2D eigenvalue weighted by molar-refractivity contribution is 0.465. The van der Waals surface area contributed by atoms with Gasteiger partial charge >= 0.3 is 0 Å². The highest BCUT2D eigenvalue weighted by atomic mass is 35.5. The molecule has 0 N–H and O–H groups in total. The number of halogens is 2. The number of hydrogen-bond donors (Lipinski definition) is 0.